The van der Waals surface area contributed by atoms with Gasteiger partial charge in [-0.15, -0.1) is 0 Å². The summed E-state index contributed by atoms with van der Waals surface area (Å²) >= 11 is 0. The van der Waals surface area contributed by atoms with Crippen LogP contribution in [0.4, 0.5) is 0 Å². The molecule has 0 saturated carbocycles. The maximum atomic E-state index is 5.85. The lowest BCUT2D eigenvalue weighted by Crippen LogP contribution is -2.37. The third kappa shape index (κ3) is 10.3. The highest BCUT2D eigenvalue weighted by molar-refractivity contribution is 4.76. The first-order valence-electron chi connectivity index (χ1n) is 7.06. The van der Waals surface area contributed by atoms with Gasteiger partial charge in [-0.2, -0.15) is 0 Å². The molecule has 0 aliphatic carbocycles. The quantitative estimate of drug-likeness (QED) is 0.553. The lowest BCUT2D eigenvalue weighted by atomic mass is 9.93. The number of ether oxygens (including phenoxy) is 3. The van der Waals surface area contributed by atoms with E-state index in [1.165, 1.54) is 0 Å². The van der Waals surface area contributed by atoms with Crippen LogP contribution in [0.3, 0.4) is 0 Å². The van der Waals surface area contributed by atoms with Gasteiger partial charge in [-0.05, 0) is 27.7 Å². The molecule has 3 atom stereocenters. The van der Waals surface area contributed by atoms with Crippen LogP contribution in [0.1, 0.15) is 34.6 Å². The molecule has 0 fully saturated rings. The van der Waals surface area contributed by atoms with Gasteiger partial charge < -0.3 is 25.7 Å². The van der Waals surface area contributed by atoms with Crippen molar-refractivity contribution >= 4 is 0 Å². The van der Waals surface area contributed by atoms with Gasteiger partial charge in [-0.3, -0.25) is 0 Å². The number of hydrogen-bond donors (Lipinski definition) is 2. The Kier molecular flexibility index (Phi) is 9.56. The van der Waals surface area contributed by atoms with Gasteiger partial charge >= 0.3 is 0 Å². The predicted octanol–water partition coefficient (Wildman–Crippen LogP) is 1.15. The van der Waals surface area contributed by atoms with E-state index in [1.54, 1.807) is 0 Å². The number of hydrogen-bond acceptors (Lipinski definition) is 5. The molecule has 0 radical (unpaired) electrons. The standard InChI is InChI=1S/C14H32N2O3/c1-11(8-18-10-13(3)16)14(4,5)19-7-6-17-9-12(2)15/h11-13H,6-10,15-16H2,1-5H3. The summed E-state index contributed by atoms with van der Waals surface area (Å²) in [5.74, 6) is 0.291. The Hall–Kier alpha value is -0.200. The van der Waals surface area contributed by atoms with Crippen LogP contribution in [0, 0.1) is 5.92 Å². The fraction of sp³-hybridized carbons (Fsp3) is 1.00. The molecule has 0 aromatic rings. The van der Waals surface area contributed by atoms with E-state index in [-0.39, 0.29) is 17.7 Å². The first-order valence-corrected chi connectivity index (χ1v) is 7.06. The SMILES string of the molecule is CC(N)COCCOC(C)(C)C(C)COCC(C)N. The average Bonchev–Trinajstić information content (AvgIpc) is 2.27. The lowest BCUT2D eigenvalue weighted by molar-refractivity contribution is -0.0935. The molecule has 0 amide bonds. The smallest absolute Gasteiger partial charge is 0.0707 e. The minimum atomic E-state index is -0.241. The molecular formula is C14H32N2O3. The first-order chi connectivity index (χ1) is 8.75. The fourth-order valence-corrected chi connectivity index (χ4v) is 1.41. The minimum Gasteiger partial charge on any atom is -0.379 e. The summed E-state index contributed by atoms with van der Waals surface area (Å²) in [5.41, 5.74) is 11.0. The van der Waals surface area contributed by atoms with Gasteiger partial charge in [-0.1, -0.05) is 6.92 Å². The Balaban J connectivity index is 3.75. The van der Waals surface area contributed by atoms with Gasteiger partial charge in [0, 0.05) is 18.0 Å². The van der Waals surface area contributed by atoms with Crippen LogP contribution < -0.4 is 11.5 Å². The van der Waals surface area contributed by atoms with Crippen molar-refractivity contribution in [3.63, 3.8) is 0 Å². The van der Waals surface area contributed by atoms with Crippen LogP contribution in [-0.4, -0.2) is 50.7 Å². The van der Waals surface area contributed by atoms with E-state index in [0.717, 1.165) is 0 Å². The lowest BCUT2D eigenvalue weighted by Gasteiger charge is -2.32. The molecule has 0 bridgehead atoms. The van der Waals surface area contributed by atoms with E-state index in [2.05, 4.69) is 20.8 Å². The van der Waals surface area contributed by atoms with Crippen molar-refractivity contribution in [1.82, 2.24) is 0 Å². The molecule has 0 aromatic carbocycles. The Bertz CT molecular complexity index is 221. The zero-order valence-electron chi connectivity index (χ0n) is 13.1. The summed E-state index contributed by atoms with van der Waals surface area (Å²) in [4.78, 5) is 0. The average molecular weight is 276 g/mol. The maximum Gasteiger partial charge on any atom is 0.0707 e. The second kappa shape index (κ2) is 9.66. The van der Waals surface area contributed by atoms with Gasteiger partial charge in [-0.25, -0.2) is 0 Å². The van der Waals surface area contributed by atoms with Crippen molar-refractivity contribution < 1.29 is 14.2 Å². The molecule has 0 saturated heterocycles. The zero-order chi connectivity index (χ0) is 14.9. The van der Waals surface area contributed by atoms with Crippen molar-refractivity contribution in [2.45, 2.75) is 52.3 Å². The van der Waals surface area contributed by atoms with Crippen LogP contribution in [0.2, 0.25) is 0 Å². The topological polar surface area (TPSA) is 79.7 Å². The van der Waals surface area contributed by atoms with Crippen LogP contribution in [0.25, 0.3) is 0 Å². The Morgan fingerprint density at radius 2 is 1.37 bits per heavy atom. The highest BCUT2D eigenvalue weighted by Crippen LogP contribution is 2.21. The summed E-state index contributed by atoms with van der Waals surface area (Å²) in [7, 11) is 0. The van der Waals surface area contributed by atoms with Crippen molar-refractivity contribution in [3.05, 3.63) is 0 Å². The molecule has 4 N–H and O–H groups in total. The molecule has 5 nitrogen and oxygen atoms in total. The van der Waals surface area contributed by atoms with Crippen LogP contribution in [0.15, 0.2) is 0 Å². The van der Waals surface area contributed by atoms with E-state index in [4.69, 9.17) is 25.7 Å². The van der Waals surface area contributed by atoms with E-state index < -0.39 is 0 Å². The monoisotopic (exact) mass is 276 g/mol. The summed E-state index contributed by atoms with van der Waals surface area (Å²) < 4.78 is 16.8. The molecule has 0 aromatic heterocycles. The second-order valence-corrected chi connectivity index (χ2v) is 5.92. The predicted molar refractivity (Wildman–Crippen MR) is 78.1 cm³/mol. The molecule has 116 valence electrons. The van der Waals surface area contributed by atoms with Crippen molar-refractivity contribution in [3.8, 4) is 0 Å². The largest absolute Gasteiger partial charge is 0.379 e. The van der Waals surface area contributed by atoms with E-state index in [0.29, 0.717) is 39.0 Å². The molecule has 5 heteroatoms. The number of nitrogens with two attached hydrogens (primary N) is 2. The molecule has 0 rings (SSSR count). The molecule has 0 heterocycles. The van der Waals surface area contributed by atoms with Gasteiger partial charge in [0.05, 0.1) is 38.6 Å². The Labute approximate surface area is 118 Å². The van der Waals surface area contributed by atoms with Gasteiger partial charge in [0.25, 0.3) is 0 Å². The molecule has 0 aliphatic rings. The van der Waals surface area contributed by atoms with Crippen LogP contribution >= 0.6 is 0 Å². The summed E-state index contributed by atoms with van der Waals surface area (Å²) in [6.45, 7) is 13.0. The molecule has 19 heavy (non-hydrogen) atoms. The minimum absolute atomic E-state index is 0.0681. The van der Waals surface area contributed by atoms with E-state index in [1.807, 2.05) is 13.8 Å². The van der Waals surface area contributed by atoms with Crippen LogP contribution in [0.5, 0.6) is 0 Å². The summed E-state index contributed by atoms with van der Waals surface area (Å²) in [6, 6.07) is 0.140. The van der Waals surface area contributed by atoms with Gasteiger partial charge in [0.1, 0.15) is 0 Å². The van der Waals surface area contributed by atoms with Gasteiger partial charge in [0.15, 0.2) is 0 Å². The maximum absolute atomic E-state index is 5.85. The zero-order valence-corrected chi connectivity index (χ0v) is 13.1. The number of rotatable bonds is 11. The van der Waals surface area contributed by atoms with E-state index >= 15 is 0 Å². The molecular weight excluding hydrogens is 244 g/mol. The normalized spacial score (nSPS) is 17.2. The highest BCUT2D eigenvalue weighted by atomic mass is 16.5. The molecule has 3 unspecified atom stereocenters. The van der Waals surface area contributed by atoms with Crippen molar-refractivity contribution in [2.24, 2.45) is 17.4 Å². The van der Waals surface area contributed by atoms with Gasteiger partial charge in [0.2, 0.25) is 0 Å². The van der Waals surface area contributed by atoms with Crippen LogP contribution in [-0.2, 0) is 14.2 Å². The van der Waals surface area contributed by atoms with Crippen molar-refractivity contribution in [2.75, 3.05) is 33.0 Å². The first kappa shape index (κ1) is 18.8. The molecule has 0 aliphatic heterocycles. The third-order valence-electron chi connectivity index (χ3n) is 3.02. The highest BCUT2D eigenvalue weighted by Gasteiger charge is 2.26. The molecule has 0 spiro atoms. The second-order valence-electron chi connectivity index (χ2n) is 5.92. The summed E-state index contributed by atoms with van der Waals surface area (Å²) in [5, 5.41) is 0. The van der Waals surface area contributed by atoms with E-state index in [9.17, 15) is 0 Å². The third-order valence-corrected chi connectivity index (χ3v) is 3.02. The Morgan fingerprint density at radius 3 is 1.89 bits per heavy atom. The fourth-order valence-electron chi connectivity index (χ4n) is 1.41. The summed E-state index contributed by atoms with van der Waals surface area (Å²) in [6.07, 6.45) is 0. The van der Waals surface area contributed by atoms with Crippen molar-refractivity contribution in [1.29, 1.82) is 0 Å². The Morgan fingerprint density at radius 1 is 0.842 bits per heavy atom.